The average molecular weight is 748 g/mol. The molecule has 0 heterocycles. The quantitative estimate of drug-likeness (QED) is 0.0369. The van der Waals surface area contributed by atoms with Crippen molar-refractivity contribution in [1.82, 2.24) is 5.32 Å². The molecule has 0 aliphatic carbocycles. The van der Waals surface area contributed by atoms with E-state index in [1.54, 1.807) is 0 Å². The topological polar surface area (TPSA) is 89.8 Å². The normalized spacial score (nSPS) is 13.7. The van der Waals surface area contributed by atoms with Gasteiger partial charge in [-0.15, -0.1) is 0 Å². The molecule has 5 heteroatoms. The predicted molar refractivity (Wildman–Crippen MR) is 231 cm³/mol. The minimum atomic E-state index is -1.14. The molecule has 4 N–H and O–H groups in total. The zero-order valence-electron chi connectivity index (χ0n) is 35.7. The molecule has 3 unspecified atom stereocenters. The maximum absolute atomic E-state index is 12.4. The Kier molecular flexibility index (Phi) is 42.6. The van der Waals surface area contributed by atoms with Crippen LogP contribution in [0.25, 0.3) is 0 Å². The number of allylic oxidation sites excluding steroid dienone is 4. The van der Waals surface area contributed by atoms with Gasteiger partial charge in [0, 0.05) is 6.42 Å². The lowest BCUT2D eigenvalue weighted by Crippen LogP contribution is -2.50. The molecule has 0 aliphatic rings. The fourth-order valence-electron chi connectivity index (χ4n) is 7.39. The molecule has 0 saturated heterocycles. The molecule has 0 rings (SSSR count). The van der Waals surface area contributed by atoms with Crippen LogP contribution in [0.2, 0.25) is 0 Å². The fraction of sp³-hybridized carbons (Fsp3) is 0.896. The maximum atomic E-state index is 12.4. The highest BCUT2D eigenvalue weighted by Gasteiger charge is 2.26. The molecule has 5 nitrogen and oxygen atoms in total. The van der Waals surface area contributed by atoms with E-state index < -0.39 is 18.2 Å². The van der Waals surface area contributed by atoms with Crippen LogP contribution in [0.3, 0.4) is 0 Å². The van der Waals surface area contributed by atoms with Gasteiger partial charge < -0.3 is 20.6 Å². The number of carbonyl (C=O) groups is 1. The minimum Gasteiger partial charge on any atom is -0.394 e. The summed E-state index contributed by atoms with van der Waals surface area (Å²) < 4.78 is 0. The fourth-order valence-corrected chi connectivity index (χ4v) is 7.39. The van der Waals surface area contributed by atoms with Gasteiger partial charge in [-0.25, -0.2) is 0 Å². The summed E-state index contributed by atoms with van der Waals surface area (Å²) >= 11 is 0. The van der Waals surface area contributed by atoms with Gasteiger partial charge >= 0.3 is 0 Å². The molecule has 0 aromatic heterocycles. The molecule has 3 atom stereocenters. The number of nitrogens with one attached hydrogen (secondary N) is 1. The smallest absolute Gasteiger partial charge is 0.220 e. The van der Waals surface area contributed by atoms with Gasteiger partial charge in [-0.1, -0.05) is 231 Å². The monoisotopic (exact) mass is 748 g/mol. The van der Waals surface area contributed by atoms with Crippen molar-refractivity contribution in [3.8, 4) is 0 Å². The van der Waals surface area contributed by atoms with Gasteiger partial charge in [-0.2, -0.15) is 0 Å². The third-order valence-electron chi connectivity index (χ3n) is 11.1. The largest absolute Gasteiger partial charge is 0.394 e. The molecule has 0 saturated carbocycles. The van der Waals surface area contributed by atoms with Crippen molar-refractivity contribution in [3.63, 3.8) is 0 Å². The number of aliphatic hydroxyl groups is 3. The summed E-state index contributed by atoms with van der Waals surface area (Å²) in [4.78, 5) is 12.4. The standard InChI is InChI=1S/C48H93NO4/c1-3-5-7-9-11-13-15-17-19-20-21-22-23-24-25-26-27-29-30-32-34-36-38-40-42-46(51)48(53)45(44-50)49-47(52)43-41-39-37-35-33-31-28-18-16-14-12-10-8-6-4-2/h12,14,16,18,45-46,48,50-51,53H,3-11,13,15,17,19-44H2,1-2H3,(H,49,52)/b14-12-,18-16-. The molecule has 0 spiro atoms. The maximum Gasteiger partial charge on any atom is 0.220 e. The van der Waals surface area contributed by atoms with Crippen LogP contribution in [0.15, 0.2) is 24.3 Å². The Morgan fingerprint density at radius 2 is 0.792 bits per heavy atom. The summed E-state index contributed by atoms with van der Waals surface area (Å²) in [7, 11) is 0. The Labute approximate surface area is 331 Å². The highest BCUT2D eigenvalue weighted by molar-refractivity contribution is 5.76. The zero-order chi connectivity index (χ0) is 38.7. The Hall–Kier alpha value is -1.17. The minimum absolute atomic E-state index is 0.155. The molecular formula is C48H93NO4. The van der Waals surface area contributed by atoms with Crippen molar-refractivity contribution in [2.75, 3.05) is 6.61 Å². The van der Waals surface area contributed by atoms with E-state index in [0.717, 1.165) is 44.9 Å². The van der Waals surface area contributed by atoms with E-state index in [9.17, 15) is 20.1 Å². The van der Waals surface area contributed by atoms with Crippen molar-refractivity contribution < 1.29 is 20.1 Å². The summed E-state index contributed by atoms with van der Waals surface area (Å²) in [6, 6.07) is -0.814. The van der Waals surface area contributed by atoms with Gasteiger partial charge in [0.25, 0.3) is 0 Å². The van der Waals surface area contributed by atoms with Crippen LogP contribution in [-0.4, -0.2) is 46.1 Å². The third kappa shape index (κ3) is 38.9. The Morgan fingerprint density at radius 3 is 1.19 bits per heavy atom. The van der Waals surface area contributed by atoms with Gasteiger partial charge in [-0.05, 0) is 38.5 Å². The summed E-state index contributed by atoms with van der Waals surface area (Å²) in [5, 5.41) is 33.6. The van der Waals surface area contributed by atoms with Gasteiger partial charge in [0.2, 0.25) is 5.91 Å². The summed E-state index contributed by atoms with van der Waals surface area (Å²) in [6.45, 7) is 4.16. The van der Waals surface area contributed by atoms with E-state index in [4.69, 9.17) is 0 Å². The first kappa shape index (κ1) is 51.8. The number of aliphatic hydroxyl groups excluding tert-OH is 3. The van der Waals surface area contributed by atoms with E-state index >= 15 is 0 Å². The lowest BCUT2D eigenvalue weighted by atomic mass is 9.99. The van der Waals surface area contributed by atoms with Crippen molar-refractivity contribution in [2.24, 2.45) is 0 Å². The highest BCUT2D eigenvalue weighted by atomic mass is 16.3. The zero-order valence-corrected chi connectivity index (χ0v) is 35.7. The lowest BCUT2D eigenvalue weighted by molar-refractivity contribution is -0.124. The first-order valence-corrected chi connectivity index (χ1v) is 23.6. The van der Waals surface area contributed by atoms with Crippen molar-refractivity contribution in [2.45, 2.75) is 270 Å². The highest BCUT2D eigenvalue weighted by Crippen LogP contribution is 2.17. The van der Waals surface area contributed by atoms with E-state index in [1.165, 1.54) is 180 Å². The second-order valence-electron chi connectivity index (χ2n) is 16.3. The van der Waals surface area contributed by atoms with Gasteiger partial charge in [0.05, 0.1) is 18.8 Å². The molecule has 314 valence electrons. The molecule has 0 radical (unpaired) electrons. The summed E-state index contributed by atoms with van der Waals surface area (Å²) in [6.07, 6.45) is 53.0. The van der Waals surface area contributed by atoms with Gasteiger partial charge in [0.1, 0.15) is 6.10 Å². The molecule has 53 heavy (non-hydrogen) atoms. The Morgan fingerprint density at radius 1 is 0.472 bits per heavy atom. The van der Waals surface area contributed by atoms with Crippen LogP contribution in [0.4, 0.5) is 0 Å². The lowest BCUT2D eigenvalue weighted by Gasteiger charge is -2.26. The molecule has 0 aliphatic heterocycles. The van der Waals surface area contributed by atoms with Gasteiger partial charge in [0.15, 0.2) is 0 Å². The van der Waals surface area contributed by atoms with Crippen LogP contribution in [0.5, 0.6) is 0 Å². The van der Waals surface area contributed by atoms with E-state index in [1.807, 2.05) is 0 Å². The first-order valence-electron chi connectivity index (χ1n) is 23.6. The van der Waals surface area contributed by atoms with Crippen LogP contribution >= 0.6 is 0 Å². The number of unbranched alkanes of at least 4 members (excludes halogenated alkanes) is 32. The third-order valence-corrected chi connectivity index (χ3v) is 11.1. The molecule has 0 bridgehead atoms. The Bertz CT molecular complexity index is 784. The number of carbonyl (C=O) groups excluding carboxylic acids is 1. The number of hydrogen-bond acceptors (Lipinski definition) is 4. The number of hydrogen-bond donors (Lipinski definition) is 4. The van der Waals surface area contributed by atoms with Crippen molar-refractivity contribution in [3.05, 3.63) is 24.3 Å². The summed E-state index contributed by atoms with van der Waals surface area (Å²) in [5.41, 5.74) is 0. The number of rotatable bonds is 43. The van der Waals surface area contributed by atoms with Crippen LogP contribution < -0.4 is 5.32 Å². The molecular weight excluding hydrogens is 655 g/mol. The van der Waals surface area contributed by atoms with Crippen LogP contribution in [-0.2, 0) is 4.79 Å². The Balaban J connectivity index is 3.57. The van der Waals surface area contributed by atoms with E-state index in [0.29, 0.717) is 12.8 Å². The second-order valence-corrected chi connectivity index (χ2v) is 16.3. The SMILES string of the molecule is CCCCC/C=C\C=C/CCCCCCCCC(=O)NC(CO)C(O)C(O)CCCCCCCCCCCCCCCCCCCCCCCCCC. The van der Waals surface area contributed by atoms with E-state index in [2.05, 4.69) is 43.5 Å². The molecule has 0 aromatic rings. The van der Waals surface area contributed by atoms with Crippen LogP contribution in [0, 0.1) is 0 Å². The molecule has 0 fully saturated rings. The first-order chi connectivity index (χ1) is 26.1. The second kappa shape index (κ2) is 43.6. The predicted octanol–water partition coefficient (Wildman–Crippen LogP) is 13.8. The summed E-state index contributed by atoms with van der Waals surface area (Å²) in [5.74, 6) is -0.155. The molecule has 0 aromatic carbocycles. The van der Waals surface area contributed by atoms with Crippen LogP contribution in [0.1, 0.15) is 251 Å². The molecule has 1 amide bonds. The average Bonchev–Trinajstić information content (AvgIpc) is 3.16. The van der Waals surface area contributed by atoms with Crippen molar-refractivity contribution in [1.29, 1.82) is 0 Å². The van der Waals surface area contributed by atoms with Gasteiger partial charge in [-0.3, -0.25) is 4.79 Å². The van der Waals surface area contributed by atoms with Crippen molar-refractivity contribution >= 4 is 5.91 Å². The van der Waals surface area contributed by atoms with E-state index in [-0.39, 0.29) is 12.5 Å². The number of amides is 1.